The van der Waals surface area contributed by atoms with Crippen molar-refractivity contribution in [2.75, 3.05) is 26.7 Å². The maximum Gasteiger partial charge on any atom is 0.0105 e. The van der Waals surface area contributed by atoms with Crippen molar-refractivity contribution in [3.8, 4) is 0 Å². The molecule has 2 rings (SSSR count). The molecule has 0 spiro atoms. The third-order valence-corrected chi connectivity index (χ3v) is 6.23. The Kier molecular flexibility index (Phi) is 7.01. The smallest absolute Gasteiger partial charge is 0.0105 e. The molecule has 21 heavy (non-hydrogen) atoms. The molecule has 0 aromatic heterocycles. The van der Waals surface area contributed by atoms with Gasteiger partial charge in [0.15, 0.2) is 0 Å². The van der Waals surface area contributed by atoms with Crippen LogP contribution in [0.1, 0.15) is 65.7 Å². The van der Waals surface area contributed by atoms with Gasteiger partial charge in [0.1, 0.15) is 0 Å². The minimum Gasteiger partial charge on any atom is -0.317 e. The van der Waals surface area contributed by atoms with Crippen LogP contribution in [-0.2, 0) is 0 Å². The largest absolute Gasteiger partial charge is 0.317 e. The molecule has 0 aromatic rings. The van der Waals surface area contributed by atoms with Crippen LogP contribution in [-0.4, -0.2) is 37.6 Å². The molecule has 1 heterocycles. The van der Waals surface area contributed by atoms with Gasteiger partial charge in [-0.2, -0.15) is 0 Å². The molecule has 2 aliphatic rings. The van der Waals surface area contributed by atoms with Crippen molar-refractivity contribution in [3.05, 3.63) is 0 Å². The summed E-state index contributed by atoms with van der Waals surface area (Å²) >= 11 is 0. The molecular weight excluding hydrogens is 256 g/mol. The Balaban J connectivity index is 1.82. The first-order valence-electron chi connectivity index (χ1n) is 9.53. The van der Waals surface area contributed by atoms with Crippen LogP contribution in [0.3, 0.4) is 0 Å². The fraction of sp³-hybridized carbons (Fsp3) is 1.00. The lowest BCUT2D eigenvalue weighted by atomic mass is 9.75. The normalized spacial score (nSPS) is 32.7. The van der Waals surface area contributed by atoms with Gasteiger partial charge in [-0.3, -0.25) is 0 Å². The van der Waals surface area contributed by atoms with Gasteiger partial charge in [0, 0.05) is 12.6 Å². The second-order valence-corrected chi connectivity index (χ2v) is 8.01. The minimum absolute atomic E-state index is 0.765. The Hall–Kier alpha value is -0.0800. The molecule has 1 N–H and O–H groups in total. The number of hydrogen-bond donors (Lipinski definition) is 1. The predicted octanol–water partition coefficient (Wildman–Crippen LogP) is 4.16. The van der Waals surface area contributed by atoms with Crippen LogP contribution in [0.5, 0.6) is 0 Å². The molecule has 1 saturated carbocycles. The molecule has 2 nitrogen and oxygen atoms in total. The van der Waals surface area contributed by atoms with E-state index in [1.807, 2.05) is 0 Å². The number of nitrogens with zero attached hydrogens (tertiary/aromatic N) is 1. The van der Waals surface area contributed by atoms with Crippen LogP contribution in [0.25, 0.3) is 0 Å². The van der Waals surface area contributed by atoms with Gasteiger partial charge in [0.25, 0.3) is 0 Å². The van der Waals surface area contributed by atoms with Gasteiger partial charge in [-0.1, -0.05) is 33.6 Å². The zero-order valence-electron chi connectivity index (χ0n) is 14.9. The van der Waals surface area contributed by atoms with E-state index >= 15 is 0 Å². The first-order chi connectivity index (χ1) is 10.1. The summed E-state index contributed by atoms with van der Waals surface area (Å²) in [6, 6.07) is 0.765. The van der Waals surface area contributed by atoms with Gasteiger partial charge in [0.2, 0.25) is 0 Å². The van der Waals surface area contributed by atoms with E-state index in [0.717, 1.165) is 29.7 Å². The quantitative estimate of drug-likeness (QED) is 0.791. The van der Waals surface area contributed by atoms with Crippen molar-refractivity contribution in [2.24, 2.45) is 23.7 Å². The molecule has 0 radical (unpaired) electrons. The average molecular weight is 295 g/mol. The third kappa shape index (κ3) is 4.96. The predicted molar refractivity (Wildman–Crippen MR) is 92.6 cm³/mol. The second-order valence-electron chi connectivity index (χ2n) is 8.01. The van der Waals surface area contributed by atoms with Crippen LogP contribution in [0.4, 0.5) is 0 Å². The van der Waals surface area contributed by atoms with Crippen LogP contribution in [0, 0.1) is 23.7 Å². The van der Waals surface area contributed by atoms with Crippen LogP contribution < -0.4 is 5.32 Å². The molecule has 3 atom stereocenters. The average Bonchev–Trinajstić information content (AvgIpc) is 2.48. The lowest BCUT2D eigenvalue weighted by Gasteiger charge is -2.41. The summed E-state index contributed by atoms with van der Waals surface area (Å²) in [5.74, 6) is 3.73. The van der Waals surface area contributed by atoms with Crippen molar-refractivity contribution in [3.63, 3.8) is 0 Å². The first kappa shape index (κ1) is 17.3. The topological polar surface area (TPSA) is 15.3 Å². The lowest BCUT2D eigenvalue weighted by Crippen LogP contribution is -2.46. The minimum atomic E-state index is 0.765. The standard InChI is InChI=1S/C19H38N2/c1-5-6-16-7-8-19(20-4)18(13-16)14-21-11-9-17(10-12-21)15(2)3/h15-20H,5-14H2,1-4H3. The fourth-order valence-electron chi connectivity index (χ4n) is 4.75. The van der Waals surface area contributed by atoms with Crippen LogP contribution in [0.15, 0.2) is 0 Å². The summed E-state index contributed by atoms with van der Waals surface area (Å²) in [6.07, 6.45) is 9.97. The van der Waals surface area contributed by atoms with E-state index in [9.17, 15) is 0 Å². The highest BCUT2D eigenvalue weighted by molar-refractivity contribution is 4.87. The zero-order chi connectivity index (χ0) is 15.2. The fourth-order valence-corrected chi connectivity index (χ4v) is 4.75. The molecule has 124 valence electrons. The van der Waals surface area contributed by atoms with Gasteiger partial charge in [-0.05, 0) is 75.9 Å². The van der Waals surface area contributed by atoms with Crippen molar-refractivity contribution in [2.45, 2.75) is 71.8 Å². The molecule has 2 fully saturated rings. The summed E-state index contributed by atoms with van der Waals surface area (Å²) in [5, 5.41) is 3.61. The van der Waals surface area contributed by atoms with Crippen LogP contribution in [0.2, 0.25) is 0 Å². The van der Waals surface area contributed by atoms with Gasteiger partial charge < -0.3 is 10.2 Å². The molecule has 0 amide bonds. The Morgan fingerprint density at radius 3 is 2.38 bits per heavy atom. The molecule has 1 aliphatic carbocycles. The molecule has 0 bridgehead atoms. The molecule has 2 heteroatoms. The van der Waals surface area contributed by atoms with Gasteiger partial charge in [-0.25, -0.2) is 0 Å². The van der Waals surface area contributed by atoms with E-state index in [1.165, 1.54) is 64.6 Å². The number of nitrogens with one attached hydrogen (secondary N) is 1. The van der Waals surface area contributed by atoms with Crippen molar-refractivity contribution < 1.29 is 0 Å². The molecule has 1 aliphatic heterocycles. The van der Waals surface area contributed by atoms with Gasteiger partial charge >= 0.3 is 0 Å². The number of hydrogen-bond acceptors (Lipinski definition) is 2. The highest BCUT2D eigenvalue weighted by atomic mass is 15.1. The van der Waals surface area contributed by atoms with Gasteiger partial charge in [0.05, 0.1) is 0 Å². The molecule has 3 unspecified atom stereocenters. The van der Waals surface area contributed by atoms with E-state index in [1.54, 1.807) is 0 Å². The highest BCUT2D eigenvalue weighted by Crippen LogP contribution is 2.34. The third-order valence-electron chi connectivity index (χ3n) is 6.23. The Bertz CT molecular complexity index is 281. The van der Waals surface area contributed by atoms with E-state index in [-0.39, 0.29) is 0 Å². The van der Waals surface area contributed by atoms with E-state index in [0.29, 0.717) is 0 Å². The number of piperidine rings is 1. The number of likely N-dealkylation sites (tertiary alicyclic amines) is 1. The van der Waals surface area contributed by atoms with E-state index in [2.05, 4.69) is 38.0 Å². The molecule has 0 aromatic carbocycles. The SMILES string of the molecule is CCCC1CCC(NC)C(CN2CCC(C(C)C)CC2)C1. The summed E-state index contributed by atoms with van der Waals surface area (Å²) in [4.78, 5) is 2.77. The molecule has 1 saturated heterocycles. The van der Waals surface area contributed by atoms with Crippen molar-refractivity contribution in [1.29, 1.82) is 0 Å². The van der Waals surface area contributed by atoms with E-state index in [4.69, 9.17) is 0 Å². The van der Waals surface area contributed by atoms with Crippen molar-refractivity contribution >= 4 is 0 Å². The summed E-state index contributed by atoms with van der Waals surface area (Å²) in [5.41, 5.74) is 0. The first-order valence-corrected chi connectivity index (χ1v) is 9.53. The summed E-state index contributed by atoms with van der Waals surface area (Å²) in [7, 11) is 2.17. The maximum absolute atomic E-state index is 3.61. The lowest BCUT2D eigenvalue weighted by molar-refractivity contribution is 0.101. The Morgan fingerprint density at radius 1 is 1.10 bits per heavy atom. The van der Waals surface area contributed by atoms with Gasteiger partial charge in [-0.15, -0.1) is 0 Å². The van der Waals surface area contributed by atoms with Crippen LogP contribution >= 0.6 is 0 Å². The summed E-state index contributed by atoms with van der Waals surface area (Å²) in [6.45, 7) is 11.2. The Morgan fingerprint density at radius 2 is 1.81 bits per heavy atom. The van der Waals surface area contributed by atoms with E-state index < -0.39 is 0 Å². The second kappa shape index (κ2) is 8.53. The maximum atomic E-state index is 3.61. The Labute approximate surface area is 133 Å². The summed E-state index contributed by atoms with van der Waals surface area (Å²) < 4.78 is 0. The van der Waals surface area contributed by atoms with Crippen molar-refractivity contribution in [1.82, 2.24) is 10.2 Å². The monoisotopic (exact) mass is 294 g/mol. The molecular formula is C19H38N2. The number of rotatable bonds is 6. The zero-order valence-corrected chi connectivity index (χ0v) is 14.9. The highest BCUT2D eigenvalue weighted by Gasteiger charge is 2.31.